The Kier molecular flexibility index (Phi) is 5.40. The second-order valence-corrected chi connectivity index (χ2v) is 5.96. The Labute approximate surface area is 137 Å². The molecule has 1 atom stereocenters. The minimum atomic E-state index is -1.04. The van der Waals surface area contributed by atoms with Crippen LogP contribution in [0.4, 0.5) is 0 Å². The van der Waals surface area contributed by atoms with Crippen LogP contribution in [0, 0.1) is 6.92 Å². The first-order chi connectivity index (χ1) is 10.9. The van der Waals surface area contributed by atoms with Crippen molar-refractivity contribution in [3.63, 3.8) is 0 Å². The van der Waals surface area contributed by atoms with Gasteiger partial charge in [-0.2, -0.15) is 0 Å². The van der Waals surface area contributed by atoms with E-state index in [1.54, 1.807) is 18.9 Å². The van der Waals surface area contributed by atoms with Gasteiger partial charge in [-0.15, -0.1) is 0 Å². The number of carbonyl (C=O) groups excluding carboxylic acids is 1. The van der Waals surface area contributed by atoms with E-state index in [1.165, 1.54) is 0 Å². The Bertz CT molecular complexity index is 653. The van der Waals surface area contributed by atoms with Crippen LogP contribution in [0.1, 0.15) is 18.1 Å². The highest BCUT2D eigenvalue weighted by Crippen LogP contribution is 2.19. The van der Waals surface area contributed by atoms with E-state index in [9.17, 15) is 4.79 Å². The van der Waals surface area contributed by atoms with Crippen LogP contribution in [-0.2, 0) is 10.3 Å². The molecule has 23 heavy (non-hydrogen) atoms. The van der Waals surface area contributed by atoms with Gasteiger partial charge in [-0.1, -0.05) is 42.5 Å². The fourth-order valence-corrected chi connectivity index (χ4v) is 2.41. The van der Waals surface area contributed by atoms with Gasteiger partial charge in [-0.25, -0.2) is 0 Å². The molecule has 0 spiro atoms. The fourth-order valence-electron chi connectivity index (χ4n) is 2.41. The highest BCUT2D eigenvalue weighted by Gasteiger charge is 2.32. The van der Waals surface area contributed by atoms with Gasteiger partial charge >= 0.3 is 0 Å². The molecule has 4 nitrogen and oxygen atoms in total. The summed E-state index contributed by atoms with van der Waals surface area (Å²) >= 11 is 0. The molecule has 0 heterocycles. The number of aryl methyl sites for hydroxylation is 1. The molecule has 2 rings (SSSR count). The maximum absolute atomic E-state index is 12.6. The first-order valence-corrected chi connectivity index (χ1v) is 7.70. The average molecular weight is 312 g/mol. The van der Waals surface area contributed by atoms with Crippen LogP contribution in [0.3, 0.4) is 0 Å². The number of ether oxygens (including phenoxy) is 1. The number of hydrogen-bond donors (Lipinski definition) is 1. The number of amides is 1. The molecule has 0 saturated carbocycles. The van der Waals surface area contributed by atoms with E-state index in [0.717, 1.165) is 16.9 Å². The van der Waals surface area contributed by atoms with Crippen LogP contribution >= 0.6 is 0 Å². The van der Waals surface area contributed by atoms with Crippen LogP contribution in [0.25, 0.3) is 0 Å². The van der Waals surface area contributed by atoms with Gasteiger partial charge in [0, 0.05) is 7.05 Å². The zero-order valence-corrected chi connectivity index (χ0v) is 14.0. The highest BCUT2D eigenvalue weighted by atomic mass is 16.5. The minimum absolute atomic E-state index is 0.128. The van der Waals surface area contributed by atoms with Crippen molar-refractivity contribution < 1.29 is 9.53 Å². The van der Waals surface area contributed by atoms with Crippen molar-refractivity contribution in [1.29, 1.82) is 0 Å². The van der Waals surface area contributed by atoms with Gasteiger partial charge in [-0.05, 0) is 37.1 Å². The summed E-state index contributed by atoms with van der Waals surface area (Å²) in [5.74, 6) is 0.681. The molecule has 0 aliphatic carbocycles. The molecule has 0 aromatic heterocycles. The minimum Gasteiger partial charge on any atom is -0.492 e. The topological polar surface area (TPSA) is 55.6 Å². The molecule has 0 bridgehead atoms. The molecule has 2 N–H and O–H groups in total. The molecule has 1 unspecified atom stereocenters. The standard InChI is InChI=1S/C19H24N2O2/c1-15-8-7-11-17(14-15)23-13-12-21(3)18(22)19(2,20)16-9-5-4-6-10-16/h4-11,14H,12-13,20H2,1-3H3. The van der Waals surface area contributed by atoms with Gasteiger partial charge in [0.25, 0.3) is 0 Å². The number of rotatable bonds is 6. The summed E-state index contributed by atoms with van der Waals surface area (Å²) in [4.78, 5) is 14.2. The van der Waals surface area contributed by atoms with E-state index in [-0.39, 0.29) is 5.91 Å². The summed E-state index contributed by atoms with van der Waals surface area (Å²) < 4.78 is 5.69. The maximum atomic E-state index is 12.6. The third-order valence-corrected chi connectivity index (χ3v) is 3.85. The van der Waals surface area contributed by atoms with Crippen molar-refractivity contribution >= 4 is 5.91 Å². The molecular weight excluding hydrogens is 288 g/mol. The third-order valence-electron chi connectivity index (χ3n) is 3.85. The normalized spacial score (nSPS) is 13.2. The van der Waals surface area contributed by atoms with E-state index >= 15 is 0 Å². The predicted octanol–water partition coefficient (Wildman–Crippen LogP) is 2.71. The second-order valence-electron chi connectivity index (χ2n) is 5.96. The Morgan fingerprint density at radius 1 is 1.17 bits per heavy atom. The molecule has 2 aromatic rings. The lowest BCUT2D eigenvalue weighted by molar-refractivity contribution is -0.135. The van der Waals surface area contributed by atoms with Crippen LogP contribution in [0.2, 0.25) is 0 Å². The van der Waals surface area contributed by atoms with Crippen LogP contribution in [0.5, 0.6) is 5.75 Å². The van der Waals surface area contributed by atoms with Crippen molar-refractivity contribution in [3.05, 3.63) is 65.7 Å². The summed E-state index contributed by atoms with van der Waals surface area (Å²) in [5.41, 5.74) is 7.16. The molecule has 0 aliphatic heterocycles. The van der Waals surface area contributed by atoms with Crippen LogP contribution in [0.15, 0.2) is 54.6 Å². The SMILES string of the molecule is Cc1cccc(OCCN(C)C(=O)C(C)(N)c2ccccc2)c1. The van der Waals surface area contributed by atoms with Crippen LogP contribution < -0.4 is 10.5 Å². The predicted molar refractivity (Wildman–Crippen MR) is 92.3 cm³/mol. The highest BCUT2D eigenvalue weighted by molar-refractivity contribution is 5.86. The van der Waals surface area contributed by atoms with E-state index in [4.69, 9.17) is 10.5 Å². The first kappa shape index (κ1) is 17.0. The van der Waals surface area contributed by atoms with Crippen molar-refractivity contribution in [2.45, 2.75) is 19.4 Å². The molecule has 1 amide bonds. The number of nitrogens with zero attached hydrogens (tertiary/aromatic N) is 1. The lowest BCUT2D eigenvalue weighted by atomic mass is 9.92. The van der Waals surface area contributed by atoms with Gasteiger partial charge in [0.2, 0.25) is 5.91 Å². The van der Waals surface area contributed by atoms with Gasteiger partial charge in [-0.3, -0.25) is 4.79 Å². The van der Waals surface area contributed by atoms with Gasteiger partial charge in [0.05, 0.1) is 6.54 Å². The number of nitrogens with two attached hydrogens (primary N) is 1. The summed E-state index contributed by atoms with van der Waals surface area (Å²) in [5, 5.41) is 0. The monoisotopic (exact) mass is 312 g/mol. The second kappa shape index (κ2) is 7.29. The Morgan fingerprint density at radius 2 is 1.87 bits per heavy atom. The van der Waals surface area contributed by atoms with E-state index < -0.39 is 5.54 Å². The lowest BCUT2D eigenvalue weighted by Crippen LogP contribution is -2.50. The lowest BCUT2D eigenvalue weighted by Gasteiger charge is -2.29. The van der Waals surface area contributed by atoms with Crippen LogP contribution in [-0.4, -0.2) is 31.0 Å². The smallest absolute Gasteiger partial charge is 0.246 e. The largest absolute Gasteiger partial charge is 0.492 e. The van der Waals surface area contributed by atoms with E-state index in [0.29, 0.717) is 13.2 Å². The van der Waals surface area contributed by atoms with Gasteiger partial charge in [0.15, 0.2) is 0 Å². The Morgan fingerprint density at radius 3 is 2.52 bits per heavy atom. The summed E-state index contributed by atoms with van der Waals surface area (Å²) in [6, 6.07) is 17.3. The van der Waals surface area contributed by atoms with E-state index in [2.05, 4.69) is 0 Å². The number of hydrogen-bond acceptors (Lipinski definition) is 3. The van der Waals surface area contributed by atoms with Crippen molar-refractivity contribution in [2.24, 2.45) is 5.73 Å². The summed E-state index contributed by atoms with van der Waals surface area (Å²) in [6.07, 6.45) is 0. The molecule has 0 fully saturated rings. The molecule has 4 heteroatoms. The summed E-state index contributed by atoms with van der Waals surface area (Å²) in [7, 11) is 1.75. The zero-order valence-electron chi connectivity index (χ0n) is 14.0. The van der Waals surface area contributed by atoms with E-state index in [1.807, 2.05) is 61.5 Å². The van der Waals surface area contributed by atoms with Crippen molar-refractivity contribution in [2.75, 3.05) is 20.2 Å². The zero-order chi connectivity index (χ0) is 16.9. The fraction of sp³-hybridized carbons (Fsp3) is 0.316. The number of carbonyl (C=O) groups is 1. The molecule has 0 radical (unpaired) electrons. The van der Waals surface area contributed by atoms with Crippen molar-refractivity contribution in [3.8, 4) is 5.75 Å². The molecule has 0 saturated heterocycles. The number of likely N-dealkylation sites (N-methyl/N-ethyl adjacent to an activating group) is 1. The molecule has 122 valence electrons. The van der Waals surface area contributed by atoms with Crippen molar-refractivity contribution in [1.82, 2.24) is 4.90 Å². The third kappa shape index (κ3) is 4.33. The van der Waals surface area contributed by atoms with Gasteiger partial charge in [0.1, 0.15) is 17.9 Å². The quantitative estimate of drug-likeness (QED) is 0.892. The molecule has 0 aliphatic rings. The first-order valence-electron chi connectivity index (χ1n) is 7.70. The molecule has 2 aromatic carbocycles. The Balaban J connectivity index is 1.92. The number of benzene rings is 2. The maximum Gasteiger partial charge on any atom is 0.246 e. The summed E-state index contributed by atoms with van der Waals surface area (Å²) in [6.45, 7) is 4.66. The average Bonchev–Trinajstić information content (AvgIpc) is 2.55. The molecular formula is C19H24N2O2. The Hall–Kier alpha value is -2.33. The van der Waals surface area contributed by atoms with Gasteiger partial charge < -0.3 is 15.4 Å².